The first-order valence-electron chi connectivity index (χ1n) is 8.24. The lowest BCUT2D eigenvalue weighted by Gasteiger charge is -2.20. The van der Waals surface area contributed by atoms with Crippen LogP contribution in [0.15, 0.2) is 42.0 Å². The van der Waals surface area contributed by atoms with Crippen molar-refractivity contribution in [3.05, 3.63) is 57.3 Å². The highest BCUT2D eigenvalue weighted by Gasteiger charge is 2.10. The van der Waals surface area contributed by atoms with Crippen molar-refractivity contribution in [3.63, 3.8) is 0 Å². The molecule has 0 N–H and O–H groups in total. The zero-order valence-electron chi connectivity index (χ0n) is 14.7. The van der Waals surface area contributed by atoms with Gasteiger partial charge in [-0.05, 0) is 49.8 Å². The first kappa shape index (κ1) is 19.0. The summed E-state index contributed by atoms with van der Waals surface area (Å²) in [6, 6.07) is 17.5. The average Bonchev–Trinajstić information content (AvgIpc) is 3.15. The van der Waals surface area contributed by atoms with Gasteiger partial charge in [-0.1, -0.05) is 18.2 Å². The number of hydrogen-bond acceptors (Lipinski definition) is 5. The fourth-order valence-corrected chi connectivity index (χ4v) is 3.42. The van der Waals surface area contributed by atoms with E-state index in [1.54, 1.807) is 18.2 Å². The number of anilines is 1. The summed E-state index contributed by atoms with van der Waals surface area (Å²) in [5.74, 6) is 0. The predicted molar refractivity (Wildman–Crippen MR) is 107 cm³/mol. The summed E-state index contributed by atoms with van der Waals surface area (Å²) in [6.45, 7) is 6.23. The van der Waals surface area contributed by atoms with Crippen LogP contribution in [0.2, 0.25) is 0 Å². The second-order valence-corrected chi connectivity index (χ2v) is 6.50. The van der Waals surface area contributed by atoms with E-state index in [0.717, 1.165) is 23.5 Å². The van der Waals surface area contributed by atoms with Gasteiger partial charge in [0, 0.05) is 28.5 Å². The van der Waals surface area contributed by atoms with E-state index in [0.29, 0.717) is 4.88 Å². The molecule has 0 aliphatic rings. The van der Waals surface area contributed by atoms with Crippen LogP contribution >= 0.6 is 11.3 Å². The van der Waals surface area contributed by atoms with Gasteiger partial charge >= 0.3 is 0 Å². The average molecular weight is 358 g/mol. The zero-order chi connectivity index (χ0) is 18.9. The van der Waals surface area contributed by atoms with Crippen LogP contribution < -0.4 is 4.90 Å². The molecule has 0 aliphatic carbocycles. The molecule has 0 atom stereocenters. The lowest BCUT2D eigenvalue weighted by Crippen LogP contribution is -2.21. The summed E-state index contributed by atoms with van der Waals surface area (Å²) in [5, 5.41) is 27.1. The molecule has 1 aromatic carbocycles. The number of hydrogen-bond donors (Lipinski definition) is 0. The van der Waals surface area contributed by atoms with Crippen molar-refractivity contribution in [2.75, 3.05) is 18.0 Å². The van der Waals surface area contributed by atoms with Gasteiger partial charge in [-0.25, -0.2) is 0 Å². The topological polar surface area (TPSA) is 74.6 Å². The Bertz CT molecular complexity index is 924. The third-order valence-corrected chi connectivity index (χ3v) is 4.99. The molecule has 0 saturated heterocycles. The monoisotopic (exact) mass is 358 g/mol. The maximum atomic E-state index is 9.22. The van der Waals surface area contributed by atoms with Crippen LogP contribution in [-0.4, -0.2) is 13.1 Å². The summed E-state index contributed by atoms with van der Waals surface area (Å²) in [7, 11) is 0. The van der Waals surface area contributed by atoms with Crippen LogP contribution in [-0.2, 0) is 0 Å². The molecular weight excluding hydrogens is 340 g/mol. The third-order valence-electron chi connectivity index (χ3n) is 3.92. The minimum atomic E-state index is -0.156. The minimum absolute atomic E-state index is 0.128. The zero-order valence-corrected chi connectivity index (χ0v) is 15.5. The molecule has 1 aromatic heterocycles. The second kappa shape index (κ2) is 9.23. The maximum absolute atomic E-state index is 9.22. The van der Waals surface area contributed by atoms with E-state index in [-0.39, 0.29) is 11.1 Å². The summed E-state index contributed by atoms with van der Waals surface area (Å²) < 4.78 is 0. The largest absolute Gasteiger partial charge is 0.372 e. The van der Waals surface area contributed by atoms with Crippen molar-refractivity contribution >= 4 is 34.7 Å². The number of nitriles is 3. The van der Waals surface area contributed by atoms with Crippen LogP contribution in [0, 0.1) is 34.0 Å². The van der Waals surface area contributed by atoms with Gasteiger partial charge in [0.05, 0.1) is 5.57 Å². The fraction of sp³-hybridized carbons (Fsp3) is 0.190. The summed E-state index contributed by atoms with van der Waals surface area (Å²) in [6.07, 6.45) is 3.97. The SMILES string of the molecule is CCN(CC)c1ccc(C=Cc2ccc(C(C#N)=C(C#N)C#N)s2)cc1. The predicted octanol–water partition coefficient (Wildman–Crippen LogP) is 5.09. The van der Waals surface area contributed by atoms with Gasteiger partial charge in [0.15, 0.2) is 0 Å². The van der Waals surface area contributed by atoms with E-state index in [9.17, 15) is 5.26 Å². The molecule has 0 unspecified atom stereocenters. The molecule has 128 valence electrons. The Hall–Kier alpha value is -3.33. The first-order valence-corrected chi connectivity index (χ1v) is 9.06. The van der Waals surface area contributed by atoms with Crippen LogP contribution in [0.5, 0.6) is 0 Å². The molecule has 0 aliphatic heterocycles. The van der Waals surface area contributed by atoms with Gasteiger partial charge in [-0.2, -0.15) is 15.8 Å². The molecule has 4 nitrogen and oxygen atoms in total. The van der Waals surface area contributed by atoms with Crippen molar-refractivity contribution in [2.45, 2.75) is 13.8 Å². The Morgan fingerprint density at radius 3 is 2.12 bits per heavy atom. The molecule has 0 spiro atoms. The standard InChI is InChI=1S/C21H18N4S/c1-3-25(4-2)18-8-5-16(6-9-18)7-10-19-11-12-21(26-19)20(15-24)17(13-22)14-23/h5-12H,3-4H2,1-2H3. The van der Waals surface area contributed by atoms with Crippen molar-refractivity contribution in [2.24, 2.45) is 0 Å². The highest BCUT2D eigenvalue weighted by atomic mass is 32.1. The quantitative estimate of drug-likeness (QED) is 0.674. The van der Waals surface area contributed by atoms with Crippen LogP contribution in [0.25, 0.3) is 17.7 Å². The molecule has 5 heteroatoms. The first-order chi connectivity index (χ1) is 12.7. The number of benzene rings is 1. The molecular formula is C21H18N4S. The van der Waals surface area contributed by atoms with Crippen molar-refractivity contribution in [3.8, 4) is 18.2 Å². The molecule has 0 amide bonds. The number of allylic oxidation sites excluding steroid dienone is 2. The lowest BCUT2D eigenvalue weighted by atomic mass is 10.1. The molecule has 0 saturated carbocycles. The molecule has 2 aromatic rings. The molecule has 0 radical (unpaired) electrons. The Morgan fingerprint density at radius 1 is 0.923 bits per heavy atom. The van der Waals surface area contributed by atoms with E-state index in [2.05, 4.69) is 43.0 Å². The van der Waals surface area contributed by atoms with Gasteiger partial charge in [0.1, 0.15) is 23.8 Å². The highest BCUT2D eigenvalue weighted by molar-refractivity contribution is 7.14. The summed E-state index contributed by atoms with van der Waals surface area (Å²) in [4.78, 5) is 3.87. The van der Waals surface area contributed by atoms with Gasteiger partial charge in [0.25, 0.3) is 0 Å². The number of thiophene rings is 1. The van der Waals surface area contributed by atoms with Gasteiger partial charge in [-0.15, -0.1) is 11.3 Å². The fourth-order valence-electron chi connectivity index (χ4n) is 2.51. The smallest absolute Gasteiger partial charge is 0.148 e. The Morgan fingerprint density at radius 2 is 1.58 bits per heavy atom. The summed E-state index contributed by atoms with van der Waals surface area (Å²) >= 11 is 1.38. The van der Waals surface area contributed by atoms with Crippen LogP contribution in [0.1, 0.15) is 29.2 Å². The van der Waals surface area contributed by atoms with Gasteiger partial charge < -0.3 is 4.90 Å². The van der Waals surface area contributed by atoms with Crippen molar-refractivity contribution < 1.29 is 0 Å². The number of rotatable bonds is 6. The van der Waals surface area contributed by atoms with Gasteiger partial charge in [0.2, 0.25) is 0 Å². The molecule has 2 rings (SSSR count). The van der Waals surface area contributed by atoms with E-state index < -0.39 is 0 Å². The molecule has 0 fully saturated rings. The van der Waals surface area contributed by atoms with E-state index in [4.69, 9.17) is 10.5 Å². The van der Waals surface area contributed by atoms with Crippen LogP contribution in [0.4, 0.5) is 5.69 Å². The van der Waals surface area contributed by atoms with E-state index >= 15 is 0 Å². The number of nitrogens with zero attached hydrogens (tertiary/aromatic N) is 4. The van der Waals surface area contributed by atoms with E-state index in [1.165, 1.54) is 17.0 Å². The normalized spacial score (nSPS) is 9.96. The highest BCUT2D eigenvalue weighted by Crippen LogP contribution is 2.27. The minimum Gasteiger partial charge on any atom is -0.372 e. The second-order valence-electron chi connectivity index (χ2n) is 5.38. The Balaban J connectivity index is 2.19. The maximum Gasteiger partial charge on any atom is 0.148 e. The Labute approximate surface area is 158 Å². The van der Waals surface area contributed by atoms with Crippen molar-refractivity contribution in [1.82, 2.24) is 0 Å². The third kappa shape index (κ3) is 4.39. The molecule has 0 bridgehead atoms. The van der Waals surface area contributed by atoms with Crippen molar-refractivity contribution in [1.29, 1.82) is 15.8 Å². The molecule has 1 heterocycles. The summed E-state index contributed by atoms with van der Waals surface area (Å²) in [5.41, 5.74) is 2.26. The Kier molecular flexibility index (Phi) is 6.75. The van der Waals surface area contributed by atoms with Crippen LogP contribution in [0.3, 0.4) is 0 Å². The lowest BCUT2D eigenvalue weighted by molar-refractivity contribution is 0.866. The molecule has 26 heavy (non-hydrogen) atoms. The van der Waals surface area contributed by atoms with E-state index in [1.807, 2.05) is 24.3 Å². The van der Waals surface area contributed by atoms with Gasteiger partial charge in [-0.3, -0.25) is 0 Å².